The van der Waals surface area contributed by atoms with Crippen molar-refractivity contribution in [3.63, 3.8) is 0 Å². The molecule has 2 aliphatic heterocycles. The van der Waals surface area contributed by atoms with Gasteiger partial charge in [0.15, 0.2) is 24.8 Å². The molecule has 2 aliphatic rings. The molecule has 0 unspecified atom stereocenters. The van der Waals surface area contributed by atoms with Crippen LogP contribution in [0, 0.1) is 0 Å². The molecule has 17 nitrogen and oxygen atoms in total. The molecule has 0 amide bonds. The van der Waals surface area contributed by atoms with Gasteiger partial charge in [-0.1, -0.05) is 0 Å². The van der Waals surface area contributed by atoms with Gasteiger partial charge in [0.25, 0.3) is 0 Å². The molecule has 0 bridgehead atoms. The number of carbonyl (C=O) groups is 2. The molecule has 11 N–H and O–H groups in total. The van der Waals surface area contributed by atoms with Gasteiger partial charge in [-0.2, -0.15) is 0 Å². The number of aliphatic carboxylic acids is 2. The van der Waals surface area contributed by atoms with Crippen LogP contribution in [0.3, 0.4) is 0 Å². The van der Waals surface area contributed by atoms with E-state index in [0.29, 0.717) is 0 Å². The summed E-state index contributed by atoms with van der Waals surface area (Å²) in [6, 6.07) is 0. The summed E-state index contributed by atoms with van der Waals surface area (Å²) in [6.45, 7) is 0.0956. The first kappa shape index (κ1) is 29.6. The molecule has 0 saturated carbocycles. The Balaban J connectivity index is 2.28. The van der Waals surface area contributed by atoms with Gasteiger partial charge < -0.3 is 75.1 Å². The molecule has 2 rings (SSSR count). The van der Waals surface area contributed by atoms with E-state index >= 15 is 0 Å². The average Bonchev–Trinajstić information content (AvgIpc) is 2.79. The van der Waals surface area contributed by atoms with Crippen LogP contribution < -0.4 is 0 Å². The molecule has 2 fully saturated rings. The van der Waals surface area contributed by atoms with E-state index in [2.05, 4.69) is 0 Å². The van der Waals surface area contributed by atoms with E-state index in [4.69, 9.17) is 24.1 Å². The third-order valence-electron chi connectivity index (χ3n) is 5.60. The monoisotopic (exact) mass is 518 g/mol. The van der Waals surface area contributed by atoms with Crippen molar-refractivity contribution in [3.8, 4) is 0 Å². The first-order valence-corrected chi connectivity index (χ1v) is 10.4. The van der Waals surface area contributed by atoms with E-state index in [-0.39, 0.29) is 0 Å². The SMILES string of the molecule is C[C@H](O)[C@H](O)[C@@H](O)[C@H](CO)O[C@H]1O[C@H](C(=O)O)[C@H](O)[C@H](O[C@@H]2O[C@H](C(=O)O)[C@@H](O)[C@H](O)[C@H]2O)[C@H]1O. The standard InChI is InChI=1S/C18H30O17/c1-3(20)5(21)6(22)4(2-19)32-18-11(27)12(10(26)14(35-18)16(30)31)33-17-9(25)7(23)8(24)13(34-17)15(28)29/h3-14,17-27H,2H2,1H3,(H,28,29)(H,30,31)/t3-,4-,5-,6-,7-,8-,9+,10+,11+,12-,13-,14-,17+,18-/m0/s1. The van der Waals surface area contributed by atoms with Gasteiger partial charge in [-0.3, -0.25) is 0 Å². The van der Waals surface area contributed by atoms with Crippen molar-refractivity contribution in [2.45, 2.75) is 92.8 Å². The Morgan fingerprint density at radius 3 is 1.77 bits per heavy atom. The van der Waals surface area contributed by atoms with E-state index in [1.807, 2.05) is 0 Å². The third kappa shape index (κ3) is 6.41. The summed E-state index contributed by atoms with van der Waals surface area (Å²) in [7, 11) is 0. The second-order valence-electron chi connectivity index (χ2n) is 8.16. The molecule has 0 aromatic carbocycles. The van der Waals surface area contributed by atoms with Gasteiger partial charge in [0, 0.05) is 0 Å². The molecular weight excluding hydrogens is 488 g/mol. The van der Waals surface area contributed by atoms with Crippen molar-refractivity contribution in [1.29, 1.82) is 0 Å². The maximum absolute atomic E-state index is 11.6. The second kappa shape index (κ2) is 12.1. The Hall–Kier alpha value is -1.58. The number of hydrogen-bond donors (Lipinski definition) is 11. The first-order chi connectivity index (χ1) is 16.2. The Bertz CT molecular complexity index is 719. The molecule has 0 aromatic heterocycles. The van der Waals surface area contributed by atoms with E-state index in [0.717, 1.165) is 6.92 Å². The van der Waals surface area contributed by atoms with E-state index in [1.165, 1.54) is 0 Å². The van der Waals surface area contributed by atoms with Crippen molar-refractivity contribution in [2.24, 2.45) is 0 Å². The van der Waals surface area contributed by atoms with Crippen molar-refractivity contribution >= 4 is 11.9 Å². The molecule has 17 heteroatoms. The van der Waals surface area contributed by atoms with Crippen LogP contribution in [0.1, 0.15) is 6.92 Å². The molecular formula is C18H30O17. The topological polar surface area (TPSA) is 294 Å². The van der Waals surface area contributed by atoms with Gasteiger partial charge in [-0.05, 0) is 6.92 Å². The molecule has 0 spiro atoms. The number of hydrogen-bond acceptors (Lipinski definition) is 15. The van der Waals surface area contributed by atoms with Crippen LogP contribution in [0.25, 0.3) is 0 Å². The second-order valence-corrected chi connectivity index (χ2v) is 8.16. The van der Waals surface area contributed by atoms with Crippen molar-refractivity contribution in [1.82, 2.24) is 0 Å². The fourth-order valence-corrected chi connectivity index (χ4v) is 3.54. The summed E-state index contributed by atoms with van der Waals surface area (Å²) >= 11 is 0. The van der Waals surface area contributed by atoms with Crippen LogP contribution in [0.5, 0.6) is 0 Å². The lowest BCUT2D eigenvalue weighted by molar-refractivity contribution is -0.359. The van der Waals surface area contributed by atoms with Crippen molar-refractivity contribution in [2.75, 3.05) is 6.61 Å². The number of carboxylic acids is 2. The van der Waals surface area contributed by atoms with Gasteiger partial charge in [0.2, 0.25) is 0 Å². The predicted octanol–water partition coefficient (Wildman–Crippen LogP) is -6.72. The van der Waals surface area contributed by atoms with Gasteiger partial charge in [-0.15, -0.1) is 0 Å². The molecule has 0 aliphatic carbocycles. The quantitative estimate of drug-likeness (QED) is 0.128. The summed E-state index contributed by atoms with van der Waals surface area (Å²) in [5.74, 6) is -3.55. The lowest BCUT2D eigenvalue weighted by atomic mass is 9.96. The van der Waals surface area contributed by atoms with E-state index < -0.39 is 104 Å². The minimum atomic E-state index is -2.19. The zero-order valence-corrected chi connectivity index (χ0v) is 18.2. The summed E-state index contributed by atoms with van der Waals surface area (Å²) in [5, 5.41) is 108. The number of rotatable bonds is 10. The highest BCUT2D eigenvalue weighted by molar-refractivity contribution is 5.74. The van der Waals surface area contributed by atoms with Gasteiger partial charge >= 0.3 is 11.9 Å². The minimum absolute atomic E-state index is 1.02. The van der Waals surface area contributed by atoms with E-state index in [1.54, 1.807) is 0 Å². The Morgan fingerprint density at radius 1 is 0.771 bits per heavy atom. The summed E-state index contributed by atoms with van der Waals surface area (Å²) in [5.41, 5.74) is 0. The zero-order valence-electron chi connectivity index (χ0n) is 18.2. The molecule has 2 saturated heterocycles. The molecule has 35 heavy (non-hydrogen) atoms. The Kier molecular flexibility index (Phi) is 10.3. The average molecular weight is 518 g/mol. The zero-order chi connectivity index (χ0) is 26.8. The van der Waals surface area contributed by atoms with Crippen LogP contribution in [-0.4, -0.2) is 161 Å². The number of aliphatic hydroxyl groups excluding tert-OH is 9. The number of carboxylic acid groups (broad SMARTS) is 2. The third-order valence-corrected chi connectivity index (χ3v) is 5.60. The highest BCUT2D eigenvalue weighted by Crippen LogP contribution is 2.30. The van der Waals surface area contributed by atoms with Crippen LogP contribution in [0.4, 0.5) is 0 Å². The van der Waals surface area contributed by atoms with Gasteiger partial charge in [0.05, 0.1) is 12.7 Å². The summed E-state index contributed by atoms with van der Waals surface area (Å²) in [6.07, 6.45) is -28.2. The molecule has 0 radical (unpaired) electrons. The largest absolute Gasteiger partial charge is 0.479 e. The molecule has 14 atom stereocenters. The normalized spacial score (nSPS) is 41.5. The van der Waals surface area contributed by atoms with E-state index in [9.17, 15) is 60.7 Å². The molecule has 2 heterocycles. The molecule has 204 valence electrons. The van der Waals surface area contributed by atoms with Gasteiger partial charge in [0.1, 0.15) is 54.9 Å². The highest BCUT2D eigenvalue weighted by Gasteiger charge is 2.54. The highest BCUT2D eigenvalue weighted by atomic mass is 16.7. The maximum Gasteiger partial charge on any atom is 0.335 e. The first-order valence-electron chi connectivity index (χ1n) is 10.4. The summed E-state index contributed by atoms with van der Waals surface area (Å²) < 4.78 is 20.3. The Labute approximate surface area is 196 Å². The summed E-state index contributed by atoms with van der Waals surface area (Å²) in [4.78, 5) is 22.8. The lowest BCUT2D eigenvalue weighted by Gasteiger charge is -2.45. The fourth-order valence-electron chi connectivity index (χ4n) is 3.54. The van der Waals surface area contributed by atoms with Gasteiger partial charge in [-0.25, -0.2) is 9.59 Å². The maximum atomic E-state index is 11.6. The van der Waals surface area contributed by atoms with Crippen molar-refractivity contribution in [3.05, 3.63) is 0 Å². The minimum Gasteiger partial charge on any atom is -0.479 e. The van der Waals surface area contributed by atoms with Crippen LogP contribution >= 0.6 is 0 Å². The van der Waals surface area contributed by atoms with Crippen LogP contribution in [0.15, 0.2) is 0 Å². The number of aliphatic hydroxyl groups is 9. The molecule has 0 aromatic rings. The Morgan fingerprint density at radius 2 is 1.29 bits per heavy atom. The predicted molar refractivity (Wildman–Crippen MR) is 103 cm³/mol. The smallest absolute Gasteiger partial charge is 0.335 e. The fraction of sp³-hybridized carbons (Fsp3) is 0.889. The van der Waals surface area contributed by atoms with Crippen LogP contribution in [0.2, 0.25) is 0 Å². The van der Waals surface area contributed by atoms with Crippen LogP contribution in [-0.2, 0) is 28.5 Å². The lowest BCUT2D eigenvalue weighted by Crippen LogP contribution is -2.66. The number of ether oxygens (including phenoxy) is 4. The van der Waals surface area contributed by atoms with Crippen molar-refractivity contribution < 1.29 is 84.7 Å².